The third kappa shape index (κ3) is 4.69. The van der Waals surface area contributed by atoms with Gasteiger partial charge in [0.1, 0.15) is 0 Å². The average molecular weight is 347 g/mol. The van der Waals surface area contributed by atoms with E-state index in [1.165, 1.54) is 12.1 Å². The molecular weight excluding hydrogens is 324 g/mol. The van der Waals surface area contributed by atoms with Crippen LogP contribution < -0.4 is 11.1 Å². The summed E-state index contributed by atoms with van der Waals surface area (Å²) in [5.74, 6) is -0.210. The van der Waals surface area contributed by atoms with Crippen molar-refractivity contribution in [3.8, 4) is 0 Å². The molecule has 1 amide bonds. The van der Waals surface area contributed by atoms with E-state index in [4.69, 9.17) is 5.73 Å². The summed E-state index contributed by atoms with van der Waals surface area (Å²) in [6.07, 6.45) is 4.71. The van der Waals surface area contributed by atoms with E-state index in [0.29, 0.717) is 5.56 Å². The molecule has 0 saturated heterocycles. The molecule has 1 fully saturated rings. The lowest BCUT2D eigenvalue weighted by atomic mass is 9.91. The molecular formula is C15H23ClN2O3S. The Morgan fingerprint density at radius 2 is 1.82 bits per heavy atom. The van der Waals surface area contributed by atoms with Gasteiger partial charge in [-0.2, -0.15) is 0 Å². The Hall–Kier alpha value is -1.11. The summed E-state index contributed by atoms with van der Waals surface area (Å²) in [4.78, 5) is 12.5. The highest BCUT2D eigenvalue weighted by Crippen LogP contribution is 2.19. The van der Waals surface area contributed by atoms with Crippen LogP contribution in [0.5, 0.6) is 0 Å². The SMILES string of the molecule is Cc1ccc(S(C)(=O)=O)cc1C(=O)NC1CCC(N)CC1.Cl. The second-order valence-corrected chi connectivity index (χ2v) is 7.85. The zero-order valence-electron chi connectivity index (χ0n) is 12.8. The lowest BCUT2D eigenvalue weighted by Crippen LogP contribution is -2.40. The van der Waals surface area contributed by atoms with Crippen LogP contribution in [0.3, 0.4) is 0 Å². The van der Waals surface area contributed by atoms with Crippen molar-refractivity contribution in [2.75, 3.05) is 6.26 Å². The standard InChI is InChI=1S/C15H22N2O3S.ClH/c1-10-3-8-13(21(2,19)20)9-14(10)15(18)17-12-6-4-11(16)5-7-12;/h3,8-9,11-12H,4-7,16H2,1-2H3,(H,17,18);1H. The number of carbonyl (C=O) groups is 1. The van der Waals surface area contributed by atoms with Crippen molar-refractivity contribution < 1.29 is 13.2 Å². The lowest BCUT2D eigenvalue weighted by Gasteiger charge is -2.27. The molecule has 0 heterocycles. The fourth-order valence-electron chi connectivity index (χ4n) is 2.60. The summed E-state index contributed by atoms with van der Waals surface area (Å²) in [6.45, 7) is 1.80. The summed E-state index contributed by atoms with van der Waals surface area (Å²) in [6, 6.07) is 5.00. The Morgan fingerprint density at radius 3 is 2.36 bits per heavy atom. The number of aryl methyl sites for hydroxylation is 1. The summed E-state index contributed by atoms with van der Waals surface area (Å²) in [5.41, 5.74) is 7.05. The van der Waals surface area contributed by atoms with E-state index in [2.05, 4.69) is 5.32 Å². The van der Waals surface area contributed by atoms with Gasteiger partial charge in [-0.1, -0.05) is 6.07 Å². The third-order valence-corrected chi connectivity index (χ3v) is 5.10. The molecule has 0 atom stereocenters. The largest absolute Gasteiger partial charge is 0.349 e. The minimum absolute atomic E-state index is 0. The first kappa shape index (κ1) is 18.9. The third-order valence-electron chi connectivity index (χ3n) is 3.99. The van der Waals surface area contributed by atoms with E-state index < -0.39 is 9.84 Å². The molecule has 22 heavy (non-hydrogen) atoms. The van der Waals surface area contributed by atoms with Crippen LogP contribution >= 0.6 is 12.4 Å². The molecule has 5 nitrogen and oxygen atoms in total. The van der Waals surface area contributed by atoms with Crippen molar-refractivity contribution in [1.29, 1.82) is 0 Å². The molecule has 1 saturated carbocycles. The summed E-state index contributed by atoms with van der Waals surface area (Å²) in [7, 11) is -3.31. The Bertz CT molecular complexity index is 638. The van der Waals surface area contributed by atoms with Crippen LogP contribution in [0, 0.1) is 6.92 Å². The van der Waals surface area contributed by atoms with Gasteiger partial charge in [-0.25, -0.2) is 8.42 Å². The number of benzene rings is 1. The predicted octanol–water partition coefficient (Wildman–Crippen LogP) is 1.82. The van der Waals surface area contributed by atoms with Crippen molar-refractivity contribution in [3.05, 3.63) is 29.3 Å². The van der Waals surface area contributed by atoms with Gasteiger partial charge in [0.05, 0.1) is 4.90 Å². The molecule has 0 aliphatic heterocycles. The van der Waals surface area contributed by atoms with Crippen molar-refractivity contribution in [3.63, 3.8) is 0 Å². The van der Waals surface area contributed by atoms with Gasteiger partial charge in [-0.15, -0.1) is 12.4 Å². The van der Waals surface area contributed by atoms with E-state index >= 15 is 0 Å². The first-order chi connectivity index (χ1) is 9.77. The van der Waals surface area contributed by atoms with Crippen LogP contribution in [0.25, 0.3) is 0 Å². The Morgan fingerprint density at radius 1 is 1.23 bits per heavy atom. The number of halogens is 1. The van der Waals surface area contributed by atoms with E-state index in [1.807, 2.05) is 0 Å². The van der Waals surface area contributed by atoms with Crippen molar-refractivity contribution in [2.24, 2.45) is 5.73 Å². The maximum absolute atomic E-state index is 12.4. The number of rotatable bonds is 3. The predicted molar refractivity (Wildman–Crippen MR) is 89.2 cm³/mol. The molecule has 1 aromatic carbocycles. The van der Waals surface area contributed by atoms with Crippen molar-refractivity contribution in [1.82, 2.24) is 5.32 Å². The highest BCUT2D eigenvalue weighted by atomic mass is 35.5. The number of nitrogens with one attached hydrogen (secondary N) is 1. The Labute approximate surface area is 138 Å². The van der Waals surface area contributed by atoms with Crippen LogP contribution in [0.2, 0.25) is 0 Å². The lowest BCUT2D eigenvalue weighted by molar-refractivity contribution is 0.0925. The fraction of sp³-hybridized carbons (Fsp3) is 0.533. The molecule has 0 unspecified atom stereocenters. The second-order valence-electron chi connectivity index (χ2n) is 5.83. The average Bonchev–Trinajstić information content (AvgIpc) is 2.40. The van der Waals surface area contributed by atoms with Gasteiger partial charge in [0.2, 0.25) is 0 Å². The van der Waals surface area contributed by atoms with E-state index in [1.54, 1.807) is 13.0 Å². The number of sulfone groups is 1. The van der Waals surface area contributed by atoms with Gasteiger partial charge in [0.15, 0.2) is 9.84 Å². The zero-order chi connectivity index (χ0) is 15.6. The van der Waals surface area contributed by atoms with E-state index in [0.717, 1.165) is 37.5 Å². The number of hydrogen-bond donors (Lipinski definition) is 2. The van der Waals surface area contributed by atoms with Crippen LogP contribution in [0.4, 0.5) is 0 Å². The number of nitrogens with two attached hydrogens (primary N) is 1. The van der Waals surface area contributed by atoms with Crippen LogP contribution in [0.15, 0.2) is 23.1 Å². The first-order valence-corrected chi connectivity index (χ1v) is 9.03. The maximum atomic E-state index is 12.4. The van der Waals surface area contributed by atoms with E-state index in [-0.39, 0.29) is 35.3 Å². The molecule has 1 aromatic rings. The summed E-state index contributed by atoms with van der Waals surface area (Å²) in [5, 5.41) is 2.99. The highest BCUT2D eigenvalue weighted by Gasteiger charge is 2.22. The monoisotopic (exact) mass is 346 g/mol. The molecule has 2 rings (SSSR count). The molecule has 1 aliphatic rings. The topological polar surface area (TPSA) is 89.3 Å². The smallest absolute Gasteiger partial charge is 0.251 e. The van der Waals surface area contributed by atoms with Gasteiger partial charge < -0.3 is 11.1 Å². The van der Waals surface area contributed by atoms with Crippen LogP contribution in [-0.2, 0) is 9.84 Å². The minimum Gasteiger partial charge on any atom is -0.349 e. The molecule has 3 N–H and O–H groups in total. The summed E-state index contributed by atoms with van der Waals surface area (Å²) < 4.78 is 23.2. The zero-order valence-corrected chi connectivity index (χ0v) is 14.5. The molecule has 0 spiro atoms. The van der Waals surface area contributed by atoms with Gasteiger partial charge in [0, 0.05) is 23.9 Å². The minimum atomic E-state index is -3.31. The van der Waals surface area contributed by atoms with Gasteiger partial charge in [0.25, 0.3) is 5.91 Å². The maximum Gasteiger partial charge on any atom is 0.251 e. The quantitative estimate of drug-likeness (QED) is 0.873. The van der Waals surface area contributed by atoms with Gasteiger partial charge in [-0.05, 0) is 50.3 Å². The number of hydrogen-bond acceptors (Lipinski definition) is 4. The van der Waals surface area contributed by atoms with Crippen molar-refractivity contribution >= 4 is 28.2 Å². The fourth-order valence-corrected chi connectivity index (χ4v) is 3.25. The Balaban J connectivity index is 0.00000242. The van der Waals surface area contributed by atoms with Crippen LogP contribution in [-0.4, -0.2) is 32.7 Å². The number of carbonyl (C=O) groups excluding carboxylic acids is 1. The first-order valence-electron chi connectivity index (χ1n) is 7.14. The molecule has 1 aliphatic carbocycles. The van der Waals surface area contributed by atoms with Crippen LogP contribution in [0.1, 0.15) is 41.6 Å². The molecule has 0 radical (unpaired) electrons. The number of amides is 1. The van der Waals surface area contributed by atoms with E-state index in [9.17, 15) is 13.2 Å². The second kappa shape index (κ2) is 7.44. The molecule has 7 heteroatoms. The molecule has 0 bridgehead atoms. The molecule has 0 aromatic heterocycles. The highest BCUT2D eigenvalue weighted by molar-refractivity contribution is 7.90. The van der Waals surface area contributed by atoms with Gasteiger partial charge >= 0.3 is 0 Å². The normalized spacial score (nSPS) is 21.8. The summed E-state index contributed by atoms with van der Waals surface area (Å²) >= 11 is 0. The van der Waals surface area contributed by atoms with Crippen molar-refractivity contribution in [2.45, 2.75) is 49.6 Å². The van der Waals surface area contributed by atoms with Gasteiger partial charge in [-0.3, -0.25) is 4.79 Å². The Kier molecular flexibility index (Phi) is 6.40. The molecule has 124 valence electrons.